The molecule has 33 heavy (non-hydrogen) atoms. The minimum Gasteiger partial charge on any atom is -0.381 e. The van der Waals surface area contributed by atoms with Crippen LogP contribution in [0.3, 0.4) is 0 Å². The molecular weight excluding hydrogens is 402 g/mol. The van der Waals surface area contributed by atoms with Crippen LogP contribution in [0.4, 0.5) is 0 Å². The molecule has 3 nitrogen and oxygen atoms in total. The molecule has 1 aromatic heterocycles. The molecule has 1 saturated heterocycles. The number of nitrogens with zero attached hydrogens (tertiary/aromatic N) is 2. The zero-order valence-corrected chi connectivity index (χ0v) is 20.1. The van der Waals surface area contributed by atoms with Crippen LogP contribution in [-0.2, 0) is 13.0 Å². The molecule has 3 unspecified atom stereocenters. The molecule has 1 fully saturated rings. The normalized spacial score (nSPS) is 22.5. The number of nitrogens with one attached hydrogen (secondary N) is 1. The van der Waals surface area contributed by atoms with E-state index in [9.17, 15) is 0 Å². The van der Waals surface area contributed by atoms with E-state index in [2.05, 4.69) is 90.8 Å². The van der Waals surface area contributed by atoms with E-state index in [0.29, 0.717) is 18.4 Å². The van der Waals surface area contributed by atoms with E-state index in [1.807, 2.05) is 18.3 Å². The van der Waals surface area contributed by atoms with Gasteiger partial charge < -0.3 is 10.2 Å². The minimum absolute atomic E-state index is 0.230. The van der Waals surface area contributed by atoms with Gasteiger partial charge in [-0.2, -0.15) is 0 Å². The third-order valence-corrected chi connectivity index (χ3v) is 6.94. The van der Waals surface area contributed by atoms with Gasteiger partial charge in [-0.15, -0.1) is 0 Å². The van der Waals surface area contributed by atoms with E-state index >= 15 is 0 Å². The summed E-state index contributed by atoms with van der Waals surface area (Å²) < 4.78 is 0. The quantitative estimate of drug-likeness (QED) is 0.488. The van der Waals surface area contributed by atoms with E-state index in [0.717, 1.165) is 49.3 Å². The summed E-state index contributed by atoms with van der Waals surface area (Å²) in [6, 6.07) is 17.1. The number of likely N-dealkylation sites (tertiary alicyclic amines) is 1. The molecule has 2 aliphatic rings. The SMILES string of the molecule is C=C(NCc1ccccn1)C1CC(Cc2ccccc2)CN1C(=C)C1=CCC(C)C=C1CC. The van der Waals surface area contributed by atoms with Gasteiger partial charge in [0.15, 0.2) is 0 Å². The highest BCUT2D eigenvalue weighted by Gasteiger charge is 2.36. The summed E-state index contributed by atoms with van der Waals surface area (Å²) in [6.45, 7) is 15.3. The molecule has 0 saturated carbocycles. The first-order chi connectivity index (χ1) is 16.0. The topological polar surface area (TPSA) is 28.2 Å². The molecular formula is C30H37N3. The summed E-state index contributed by atoms with van der Waals surface area (Å²) in [7, 11) is 0. The van der Waals surface area contributed by atoms with Gasteiger partial charge in [0.2, 0.25) is 0 Å². The molecule has 0 radical (unpaired) electrons. The second kappa shape index (κ2) is 10.7. The summed E-state index contributed by atoms with van der Waals surface area (Å²) in [5.41, 5.74) is 7.40. The second-order valence-corrected chi connectivity index (χ2v) is 9.48. The molecule has 0 bridgehead atoms. The Balaban J connectivity index is 1.52. The van der Waals surface area contributed by atoms with Crippen LogP contribution in [-0.4, -0.2) is 22.5 Å². The van der Waals surface area contributed by atoms with Gasteiger partial charge in [0.05, 0.1) is 18.3 Å². The van der Waals surface area contributed by atoms with Crippen molar-refractivity contribution in [3.8, 4) is 0 Å². The Morgan fingerprint density at radius 1 is 1.12 bits per heavy atom. The molecule has 0 amide bonds. The van der Waals surface area contributed by atoms with E-state index in [4.69, 9.17) is 0 Å². The molecule has 2 aromatic rings. The van der Waals surface area contributed by atoms with Crippen LogP contribution in [0.5, 0.6) is 0 Å². The third-order valence-electron chi connectivity index (χ3n) is 6.94. The Kier molecular flexibility index (Phi) is 7.49. The molecule has 0 spiro atoms. The maximum absolute atomic E-state index is 4.61. The monoisotopic (exact) mass is 439 g/mol. The van der Waals surface area contributed by atoms with Crippen molar-refractivity contribution in [3.63, 3.8) is 0 Å². The molecule has 3 heteroatoms. The molecule has 1 aromatic carbocycles. The molecule has 1 N–H and O–H groups in total. The van der Waals surface area contributed by atoms with Gasteiger partial charge in [0.25, 0.3) is 0 Å². The summed E-state index contributed by atoms with van der Waals surface area (Å²) in [4.78, 5) is 6.96. The highest BCUT2D eigenvalue weighted by atomic mass is 15.2. The number of hydrogen-bond acceptors (Lipinski definition) is 3. The molecule has 4 rings (SSSR count). The Morgan fingerprint density at radius 3 is 2.64 bits per heavy atom. The van der Waals surface area contributed by atoms with Crippen molar-refractivity contribution < 1.29 is 0 Å². The minimum atomic E-state index is 0.230. The molecule has 1 aliphatic carbocycles. The summed E-state index contributed by atoms with van der Waals surface area (Å²) in [6.07, 6.45) is 11.0. The lowest BCUT2D eigenvalue weighted by Gasteiger charge is -2.33. The summed E-state index contributed by atoms with van der Waals surface area (Å²) >= 11 is 0. The summed E-state index contributed by atoms with van der Waals surface area (Å²) in [5, 5.41) is 3.57. The largest absolute Gasteiger partial charge is 0.381 e. The zero-order chi connectivity index (χ0) is 23.2. The first-order valence-electron chi connectivity index (χ1n) is 12.3. The number of benzene rings is 1. The zero-order valence-electron chi connectivity index (χ0n) is 20.1. The van der Waals surface area contributed by atoms with E-state index in [1.165, 1.54) is 16.7 Å². The fourth-order valence-corrected chi connectivity index (χ4v) is 5.17. The van der Waals surface area contributed by atoms with Gasteiger partial charge in [-0.25, -0.2) is 0 Å². The Morgan fingerprint density at radius 2 is 1.91 bits per heavy atom. The summed E-state index contributed by atoms with van der Waals surface area (Å²) in [5.74, 6) is 1.17. The van der Waals surface area contributed by atoms with Gasteiger partial charge in [0, 0.05) is 24.1 Å². The van der Waals surface area contributed by atoms with Crippen LogP contribution in [0, 0.1) is 11.8 Å². The van der Waals surface area contributed by atoms with Crippen LogP contribution in [0.25, 0.3) is 0 Å². The number of rotatable bonds is 9. The van der Waals surface area contributed by atoms with Gasteiger partial charge in [0.1, 0.15) is 0 Å². The number of pyridine rings is 1. The first kappa shape index (κ1) is 23.1. The Hall–Kier alpha value is -3.07. The molecule has 3 atom stereocenters. The fraction of sp³-hybridized carbons (Fsp3) is 0.367. The lowest BCUT2D eigenvalue weighted by Crippen LogP contribution is -2.35. The van der Waals surface area contributed by atoms with Crippen molar-refractivity contribution in [2.45, 2.75) is 52.1 Å². The first-order valence-corrected chi connectivity index (χ1v) is 12.3. The van der Waals surface area contributed by atoms with E-state index in [1.54, 1.807) is 0 Å². The highest BCUT2D eigenvalue weighted by molar-refractivity contribution is 5.47. The average Bonchev–Trinajstić information content (AvgIpc) is 3.27. The van der Waals surface area contributed by atoms with Gasteiger partial charge in [-0.05, 0) is 66.4 Å². The maximum atomic E-state index is 4.61. The average molecular weight is 440 g/mol. The van der Waals surface area contributed by atoms with Crippen LogP contribution in [0.1, 0.15) is 44.4 Å². The Labute approximate surface area is 199 Å². The van der Waals surface area contributed by atoms with E-state index in [-0.39, 0.29) is 6.04 Å². The van der Waals surface area contributed by atoms with Crippen LogP contribution >= 0.6 is 0 Å². The van der Waals surface area contributed by atoms with E-state index < -0.39 is 0 Å². The highest BCUT2D eigenvalue weighted by Crippen LogP contribution is 2.38. The smallest absolute Gasteiger partial charge is 0.0685 e. The Bertz CT molecular complexity index is 1020. The van der Waals surface area contributed by atoms with Gasteiger partial charge >= 0.3 is 0 Å². The predicted molar refractivity (Wildman–Crippen MR) is 138 cm³/mol. The maximum Gasteiger partial charge on any atom is 0.0685 e. The van der Waals surface area contributed by atoms with Gasteiger partial charge in [-0.1, -0.05) is 75.6 Å². The molecule has 1 aliphatic heterocycles. The van der Waals surface area contributed by atoms with Crippen molar-refractivity contribution in [2.75, 3.05) is 6.54 Å². The van der Waals surface area contributed by atoms with Crippen LogP contribution in [0.15, 0.2) is 103 Å². The van der Waals surface area contributed by atoms with Gasteiger partial charge in [-0.3, -0.25) is 4.98 Å². The standard InChI is InChI=1S/C30H37N3/c1-5-27-17-22(2)14-15-29(27)24(4)33-21-26(18-25-11-7-6-8-12-25)19-30(33)23(3)32-20-28-13-9-10-16-31-28/h6-13,15-17,22,26,30,32H,3-5,14,18-21H2,1-2H3. The fourth-order valence-electron chi connectivity index (χ4n) is 5.17. The number of aromatic nitrogens is 1. The molecule has 2 heterocycles. The lowest BCUT2D eigenvalue weighted by atomic mass is 9.88. The molecule has 172 valence electrons. The van der Waals surface area contributed by atoms with Crippen molar-refractivity contribution in [2.24, 2.45) is 11.8 Å². The number of hydrogen-bond donors (Lipinski definition) is 1. The van der Waals surface area contributed by atoms with Crippen molar-refractivity contribution in [1.29, 1.82) is 0 Å². The number of allylic oxidation sites excluding steroid dienone is 3. The van der Waals surface area contributed by atoms with Crippen LogP contribution in [0.2, 0.25) is 0 Å². The lowest BCUT2D eigenvalue weighted by molar-refractivity contribution is 0.344. The third kappa shape index (κ3) is 5.65. The predicted octanol–water partition coefficient (Wildman–Crippen LogP) is 6.43. The second-order valence-electron chi connectivity index (χ2n) is 9.48. The van der Waals surface area contributed by atoms with Crippen molar-refractivity contribution in [1.82, 2.24) is 15.2 Å². The van der Waals surface area contributed by atoms with Crippen molar-refractivity contribution in [3.05, 3.63) is 114 Å². The van der Waals surface area contributed by atoms with Crippen LogP contribution < -0.4 is 5.32 Å². The van der Waals surface area contributed by atoms with Crippen molar-refractivity contribution >= 4 is 0 Å².